The maximum Gasteiger partial charge on any atom is 0.296 e. The molecular weight excluding hydrogens is 410 g/mol. The Labute approximate surface area is 177 Å². The predicted molar refractivity (Wildman–Crippen MR) is 110 cm³/mol. The molecule has 0 bridgehead atoms. The summed E-state index contributed by atoms with van der Waals surface area (Å²) in [6.45, 7) is 4.00. The lowest BCUT2D eigenvalue weighted by Crippen LogP contribution is -2.41. The smallest absolute Gasteiger partial charge is 0.296 e. The molecule has 6 nitrogen and oxygen atoms in total. The quantitative estimate of drug-likeness (QED) is 0.713. The van der Waals surface area contributed by atoms with Crippen LogP contribution in [0.4, 0.5) is 5.13 Å². The van der Waals surface area contributed by atoms with Crippen molar-refractivity contribution in [1.82, 2.24) is 10.2 Å². The van der Waals surface area contributed by atoms with Gasteiger partial charge >= 0.3 is 0 Å². The summed E-state index contributed by atoms with van der Waals surface area (Å²) in [6.07, 6.45) is 2.37. The van der Waals surface area contributed by atoms with Crippen LogP contribution in [0.15, 0.2) is 35.6 Å². The lowest BCUT2D eigenvalue weighted by Gasteiger charge is -2.37. The van der Waals surface area contributed by atoms with Gasteiger partial charge in [0.15, 0.2) is 11.5 Å². The van der Waals surface area contributed by atoms with Crippen LogP contribution in [-0.4, -0.2) is 28.0 Å². The zero-order valence-electron chi connectivity index (χ0n) is 16.1. The van der Waals surface area contributed by atoms with Gasteiger partial charge in [-0.15, -0.1) is 10.2 Å². The van der Waals surface area contributed by atoms with Gasteiger partial charge in [0.25, 0.3) is 5.91 Å². The van der Waals surface area contributed by atoms with E-state index in [1.807, 2.05) is 19.1 Å². The molecule has 0 N–H and O–H groups in total. The van der Waals surface area contributed by atoms with E-state index in [1.165, 1.54) is 11.3 Å². The van der Waals surface area contributed by atoms with Gasteiger partial charge in [0.1, 0.15) is 11.1 Å². The van der Waals surface area contributed by atoms with Crippen molar-refractivity contribution in [2.45, 2.75) is 45.3 Å². The minimum absolute atomic E-state index is 0.0276. The molecule has 0 saturated heterocycles. The summed E-state index contributed by atoms with van der Waals surface area (Å²) in [5.74, 6) is 0.162. The fourth-order valence-electron chi connectivity index (χ4n) is 4.62. The molecule has 4 unspecified atom stereocenters. The number of benzene rings is 1. The minimum atomic E-state index is -0.576. The number of carbonyl (C=O) groups is 2. The van der Waals surface area contributed by atoms with E-state index in [2.05, 4.69) is 17.1 Å². The number of ketones is 1. The normalized spacial score (nSPS) is 29.0. The molecule has 1 aromatic heterocycles. The number of rotatable bonds is 2. The van der Waals surface area contributed by atoms with Crippen LogP contribution in [0.25, 0.3) is 0 Å². The average Bonchev–Trinajstić information content (AvgIpc) is 3.25. The van der Waals surface area contributed by atoms with Gasteiger partial charge in [-0.25, -0.2) is 0 Å². The monoisotopic (exact) mass is 429 g/mol. The Morgan fingerprint density at radius 1 is 1.17 bits per heavy atom. The second-order valence-electron chi connectivity index (χ2n) is 8.02. The Kier molecular flexibility index (Phi) is 4.47. The third kappa shape index (κ3) is 2.99. The Morgan fingerprint density at radius 2 is 1.93 bits per heavy atom. The van der Waals surface area contributed by atoms with Gasteiger partial charge in [-0.1, -0.05) is 42.0 Å². The van der Waals surface area contributed by atoms with E-state index >= 15 is 0 Å². The lowest BCUT2D eigenvalue weighted by molar-refractivity contribution is -0.132. The number of halogens is 1. The highest BCUT2D eigenvalue weighted by atomic mass is 35.5. The maximum absolute atomic E-state index is 13.6. The molecule has 3 aliphatic rings. The number of Topliss-reactive ketones (excluding diaryl/α,β-unsaturated/α-hetero) is 1. The van der Waals surface area contributed by atoms with Gasteiger partial charge < -0.3 is 4.74 Å². The topological polar surface area (TPSA) is 72.4 Å². The van der Waals surface area contributed by atoms with E-state index in [0.717, 1.165) is 29.8 Å². The predicted octanol–water partition coefficient (Wildman–Crippen LogP) is 4.25. The van der Waals surface area contributed by atoms with Crippen LogP contribution < -0.4 is 4.90 Å². The largest absolute Gasteiger partial charge is 0.483 e. The standard InChI is InChI=1S/C21H20ClN3O3S/c1-10-3-8-15-14(9-10)18(26)16-17(12-4-6-13(22)7-5-12)25(20(27)19(16)28-15)21-24-23-11(2)29-21/h4-7,10,14-15,17H,3,8-9H2,1-2H3. The van der Waals surface area contributed by atoms with Crippen molar-refractivity contribution >= 4 is 39.8 Å². The van der Waals surface area contributed by atoms with Gasteiger partial charge in [-0.3, -0.25) is 14.5 Å². The molecule has 0 radical (unpaired) electrons. The van der Waals surface area contributed by atoms with Crippen LogP contribution in [0.2, 0.25) is 5.02 Å². The van der Waals surface area contributed by atoms with Crippen molar-refractivity contribution in [2.75, 3.05) is 4.90 Å². The Hall–Kier alpha value is -2.25. The molecule has 1 saturated carbocycles. The van der Waals surface area contributed by atoms with Crippen molar-refractivity contribution in [3.8, 4) is 0 Å². The van der Waals surface area contributed by atoms with Gasteiger partial charge in [0, 0.05) is 5.02 Å². The summed E-state index contributed by atoms with van der Waals surface area (Å²) in [5.41, 5.74) is 1.25. The van der Waals surface area contributed by atoms with Gasteiger partial charge in [0.05, 0.1) is 17.5 Å². The molecule has 3 heterocycles. The molecule has 2 aliphatic heterocycles. The third-order valence-electron chi connectivity index (χ3n) is 6.02. The Morgan fingerprint density at radius 3 is 2.62 bits per heavy atom. The number of ether oxygens (including phenoxy) is 1. The fraction of sp³-hybridized carbons (Fsp3) is 0.429. The third-order valence-corrected chi connectivity index (χ3v) is 7.11. The number of aromatic nitrogens is 2. The molecule has 4 atom stereocenters. The number of nitrogens with zero attached hydrogens (tertiary/aromatic N) is 3. The minimum Gasteiger partial charge on any atom is -0.483 e. The number of amides is 1. The van der Waals surface area contributed by atoms with Crippen LogP contribution in [0.3, 0.4) is 0 Å². The van der Waals surface area contributed by atoms with Crippen molar-refractivity contribution in [2.24, 2.45) is 11.8 Å². The van der Waals surface area contributed by atoms with E-state index in [1.54, 1.807) is 17.0 Å². The molecule has 29 heavy (non-hydrogen) atoms. The van der Waals surface area contributed by atoms with Gasteiger partial charge in [0.2, 0.25) is 5.13 Å². The number of hydrogen-bond acceptors (Lipinski definition) is 6. The number of carbonyl (C=O) groups excluding carboxylic acids is 2. The van der Waals surface area contributed by atoms with Crippen LogP contribution in [0, 0.1) is 18.8 Å². The first-order valence-corrected chi connectivity index (χ1v) is 11.0. The van der Waals surface area contributed by atoms with Crippen molar-refractivity contribution in [3.63, 3.8) is 0 Å². The van der Waals surface area contributed by atoms with E-state index in [9.17, 15) is 9.59 Å². The van der Waals surface area contributed by atoms with Crippen LogP contribution in [-0.2, 0) is 14.3 Å². The summed E-state index contributed by atoms with van der Waals surface area (Å²) < 4.78 is 6.18. The van der Waals surface area contributed by atoms with Crippen molar-refractivity contribution in [1.29, 1.82) is 0 Å². The number of hydrogen-bond donors (Lipinski definition) is 0. The first-order valence-electron chi connectivity index (χ1n) is 9.78. The van der Waals surface area contributed by atoms with Crippen LogP contribution in [0.5, 0.6) is 0 Å². The molecule has 2 aromatic rings. The Balaban J connectivity index is 1.64. The van der Waals surface area contributed by atoms with Crippen molar-refractivity contribution < 1.29 is 14.3 Å². The van der Waals surface area contributed by atoms with Gasteiger partial charge in [-0.05, 0) is 49.8 Å². The lowest BCUT2D eigenvalue weighted by atomic mass is 9.74. The molecule has 1 fully saturated rings. The second-order valence-corrected chi connectivity index (χ2v) is 9.62. The molecule has 1 aliphatic carbocycles. The molecule has 1 aromatic carbocycles. The van der Waals surface area contributed by atoms with Gasteiger partial charge in [-0.2, -0.15) is 0 Å². The zero-order chi connectivity index (χ0) is 20.3. The van der Waals surface area contributed by atoms with E-state index in [4.69, 9.17) is 16.3 Å². The molecule has 8 heteroatoms. The van der Waals surface area contributed by atoms with E-state index in [-0.39, 0.29) is 29.5 Å². The molecular formula is C21H20ClN3O3S. The number of fused-ring (bicyclic) bond motifs is 1. The van der Waals surface area contributed by atoms with Crippen LogP contribution >= 0.6 is 22.9 Å². The second kappa shape index (κ2) is 6.92. The first-order chi connectivity index (χ1) is 13.9. The summed E-state index contributed by atoms with van der Waals surface area (Å²) >= 11 is 7.40. The zero-order valence-corrected chi connectivity index (χ0v) is 17.7. The summed E-state index contributed by atoms with van der Waals surface area (Å²) in [5, 5.41) is 10.1. The summed E-state index contributed by atoms with van der Waals surface area (Å²) in [6, 6.07) is 6.65. The fourth-order valence-corrected chi connectivity index (χ4v) is 5.46. The first kappa shape index (κ1) is 18.8. The van der Waals surface area contributed by atoms with E-state index < -0.39 is 6.04 Å². The number of aryl methyl sites for hydroxylation is 1. The molecule has 150 valence electrons. The SMILES string of the molecule is Cc1nnc(N2C(=O)C3=C(C(=O)C4CC(C)CCC4O3)C2c2ccc(Cl)cc2)s1. The average molecular weight is 430 g/mol. The highest BCUT2D eigenvalue weighted by Gasteiger charge is 2.53. The highest BCUT2D eigenvalue weighted by molar-refractivity contribution is 7.15. The van der Waals surface area contributed by atoms with Crippen LogP contribution in [0.1, 0.15) is 42.8 Å². The van der Waals surface area contributed by atoms with Crippen molar-refractivity contribution in [3.05, 3.63) is 51.2 Å². The summed E-state index contributed by atoms with van der Waals surface area (Å²) in [7, 11) is 0. The highest BCUT2D eigenvalue weighted by Crippen LogP contribution is 2.49. The Bertz CT molecular complexity index is 1030. The molecule has 5 rings (SSSR count). The molecule has 1 amide bonds. The summed E-state index contributed by atoms with van der Waals surface area (Å²) in [4.78, 5) is 28.5. The number of anilines is 1. The van der Waals surface area contributed by atoms with E-state index in [0.29, 0.717) is 21.6 Å². The molecule has 0 spiro atoms. The maximum atomic E-state index is 13.6.